The van der Waals surface area contributed by atoms with Crippen molar-refractivity contribution in [3.05, 3.63) is 29.8 Å². The number of rotatable bonds is 6. The number of aromatic nitrogens is 5. The van der Waals surface area contributed by atoms with Crippen molar-refractivity contribution in [2.75, 3.05) is 7.11 Å². The molecule has 2 heterocycles. The molecule has 2 aromatic heterocycles. The average Bonchev–Trinajstić information content (AvgIpc) is 3.09. The summed E-state index contributed by atoms with van der Waals surface area (Å²) in [5, 5.41) is 9.31. The van der Waals surface area contributed by atoms with E-state index in [-0.39, 0.29) is 0 Å². The number of aryl methyl sites for hydroxylation is 1. The quantitative estimate of drug-likeness (QED) is 0.707. The fourth-order valence-corrected chi connectivity index (χ4v) is 3.16. The van der Waals surface area contributed by atoms with Gasteiger partial charge in [-0.3, -0.25) is 0 Å². The lowest BCUT2D eigenvalue weighted by molar-refractivity contribution is 0.415. The van der Waals surface area contributed by atoms with E-state index in [0.29, 0.717) is 0 Å². The first kappa shape index (κ1) is 14.9. The van der Waals surface area contributed by atoms with Crippen molar-refractivity contribution in [1.29, 1.82) is 0 Å². The molecular formula is C15H19N5OS. The second kappa shape index (κ2) is 6.39. The molecule has 0 radical (unpaired) electrons. The van der Waals surface area contributed by atoms with Gasteiger partial charge in [-0.1, -0.05) is 18.7 Å². The third-order valence-electron chi connectivity index (χ3n) is 3.46. The first-order chi connectivity index (χ1) is 10.7. The van der Waals surface area contributed by atoms with Crippen LogP contribution in [0.1, 0.15) is 25.0 Å². The van der Waals surface area contributed by atoms with Gasteiger partial charge in [0, 0.05) is 12.6 Å². The maximum Gasteiger partial charge on any atom is 0.166 e. The van der Waals surface area contributed by atoms with Crippen LogP contribution in [-0.2, 0) is 12.3 Å². The van der Waals surface area contributed by atoms with Crippen LogP contribution in [0.15, 0.2) is 23.4 Å². The van der Waals surface area contributed by atoms with E-state index in [1.165, 1.54) is 0 Å². The van der Waals surface area contributed by atoms with E-state index < -0.39 is 0 Å². The van der Waals surface area contributed by atoms with Crippen molar-refractivity contribution in [1.82, 2.24) is 24.7 Å². The summed E-state index contributed by atoms with van der Waals surface area (Å²) in [6.07, 6.45) is 1.07. The lowest BCUT2D eigenvalue weighted by Gasteiger charge is -2.05. The summed E-state index contributed by atoms with van der Waals surface area (Å²) in [5.74, 6) is 3.53. The van der Waals surface area contributed by atoms with Crippen molar-refractivity contribution in [2.45, 2.75) is 37.7 Å². The van der Waals surface area contributed by atoms with Crippen LogP contribution in [0.2, 0.25) is 0 Å². The molecule has 22 heavy (non-hydrogen) atoms. The van der Waals surface area contributed by atoms with Gasteiger partial charge in [-0.2, -0.15) is 0 Å². The van der Waals surface area contributed by atoms with Gasteiger partial charge in [-0.25, -0.2) is 4.98 Å². The Bertz CT molecular complexity index is 779. The Morgan fingerprint density at radius 3 is 2.95 bits per heavy atom. The number of ether oxygens (including phenoxy) is 1. The smallest absolute Gasteiger partial charge is 0.166 e. The molecule has 0 aliphatic heterocycles. The molecule has 0 unspecified atom stereocenters. The minimum Gasteiger partial charge on any atom is -0.497 e. The van der Waals surface area contributed by atoms with Crippen LogP contribution in [0.5, 0.6) is 5.75 Å². The predicted octanol–water partition coefficient (Wildman–Crippen LogP) is 3.17. The Morgan fingerprint density at radius 2 is 2.18 bits per heavy atom. The van der Waals surface area contributed by atoms with Gasteiger partial charge in [0.05, 0.1) is 23.9 Å². The number of nitrogens with one attached hydrogen (secondary N) is 1. The van der Waals surface area contributed by atoms with Gasteiger partial charge in [0.15, 0.2) is 5.16 Å². The highest BCUT2D eigenvalue weighted by atomic mass is 32.2. The number of benzene rings is 1. The number of H-pyrrole nitrogens is 1. The second-order valence-electron chi connectivity index (χ2n) is 5.03. The largest absolute Gasteiger partial charge is 0.497 e. The summed E-state index contributed by atoms with van der Waals surface area (Å²) in [6.45, 7) is 5.10. The highest BCUT2D eigenvalue weighted by molar-refractivity contribution is 7.98. The number of hydrogen-bond acceptors (Lipinski definition) is 5. The van der Waals surface area contributed by atoms with Gasteiger partial charge >= 0.3 is 0 Å². The molecule has 7 heteroatoms. The lowest BCUT2D eigenvalue weighted by Crippen LogP contribution is -2.04. The van der Waals surface area contributed by atoms with Crippen LogP contribution >= 0.6 is 11.8 Å². The topological polar surface area (TPSA) is 68.6 Å². The normalized spacial score (nSPS) is 11.2. The molecular weight excluding hydrogens is 298 g/mol. The summed E-state index contributed by atoms with van der Waals surface area (Å²) >= 11 is 1.64. The zero-order chi connectivity index (χ0) is 15.5. The number of thioether (sulfide) groups is 1. The van der Waals surface area contributed by atoms with Crippen LogP contribution in [0.3, 0.4) is 0 Å². The van der Waals surface area contributed by atoms with Crippen molar-refractivity contribution in [3.8, 4) is 5.75 Å². The molecule has 0 spiro atoms. The van der Waals surface area contributed by atoms with E-state index in [0.717, 1.165) is 52.3 Å². The number of fused-ring (bicyclic) bond motifs is 1. The van der Waals surface area contributed by atoms with E-state index >= 15 is 0 Å². The Hall–Kier alpha value is -2.02. The highest BCUT2D eigenvalue weighted by Gasteiger charge is 2.10. The van der Waals surface area contributed by atoms with E-state index in [1.807, 2.05) is 25.1 Å². The summed E-state index contributed by atoms with van der Waals surface area (Å²) in [7, 11) is 1.66. The third-order valence-corrected chi connectivity index (χ3v) is 4.33. The molecule has 0 amide bonds. The molecule has 6 nitrogen and oxygen atoms in total. The number of methoxy groups -OCH3 is 1. The SMILES string of the molecule is CCCn1c(C)nnc1CSc1nc2ccc(OC)cc2[nH]1. The zero-order valence-electron chi connectivity index (χ0n) is 13.0. The summed E-state index contributed by atoms with van der Waals surface area (Å²) in [5.41, 5.74) is 1.92. The van der Waals surface area contributed by atoms with Crippen molar-refractivity contribution in [3.63, 3.8) is 0 Å². The number of imidazole rings is 1. The molecule has 1 N–H and O–H groups in total. The number of aromatic amines is 1. The van der Waals surface area contributed by atoms with Gasteiger partial charge in [0.1, 0.15) is 17.4 Å². The average molecular weight is 317 g/mol. The predicted molar refractivity (Wildman–Crippen MR) is 87.3 cm³/mol. The second-order valence-corrected chi connectivity index (χ2v) is 5.99. The standard InChI is InChI=1S/C15H19N5OS/c1-4-7-20-10(2)18-19-14(20)9-22-15-16-12-6-5-11(21-3)8-13(12)17-15/h5-6,8H,4,7,9H2,1-3H3,(H,16,17). The van der Waals surface area contributed by atoms with Gasteiger partial charge in [0.25, 0.3) is 0 Å². The van der Waals surface area contributed by atoms with Crippen LogP contribution in [0.25, 0.3) is 11.0 Å². The molecule has 0 saturated heterocycles. The number of hydrogen-bond donors (Lipinski definition) is 1. The van der Waals surface area contributed by atoms with Gasteiger partial charge in [-0.15, -0.1) is 10.2 Å². The molecule has 0 atom stereocenters. The first-order valence-corrected chi connectivity index (χ1v) is 8.25. The van der Waals surface area contributed by atoms with Crippen molar-refractivity contribution in [2.24, 2.45) is 0 Å². The van der Waals surface area contributed by atoms with Crippen molar-refractivity contribution >= 4 is 22.8 Å². The van der Waals surface area contributed by atoms with Crippen LogP contribution in [-0.4, -0.2) is 31.8 Å². The Kier molecular flexibility index (Phi) is 4.33. The van der Waals surface area contributed by atoms with E-state index in [1.54, 1.807) is 18.9 Å². The van der Waals surface area contributed by atoms with Gasteiger partial charge < -0.3 is 14.3 Å². The Balaban J connectivity index is 1.76. The molecule has 0 bridgehead atoms. The minimum absolute atomic E-state index is 0.748. The fourth-order valence-electron chi connectivity index (χ4n) is 2.34. The molecule has 0 aliphatic carbocycles. The molecule has 0 aliphatic rings. The van der Waals surface area contributed by atoms with Gasteiger partial charge in [0.2, 0.25) is 0 Å². The third kappa shape index (κ3) is 2.94. The highest BCUT2D eigenvalue weighted by Crippen LogP contribution is 2.25. The zero-order valence-corrected chi connectivity index (χ0v) is 13.8. The molecule has 3 aromatic rings. The van der Waals surface area contributed by atoms with Crippen molar-refractivity contribution < 1.29 is 4.74 Å². The fraction of sp³-hybridized carbons (Fsp3) is 0.400. The minimum atomic E-state index is 0.748. The van der Waals surface area contributed by atoms with E-state index in [4.69, 9.17) is 4.74 Å². The monoisotopic (exact) mass is 317 g/mol. The van der Waals surface area contributed by atoms with Crippen LogP contribution in [0.4, 0.5) is 0 Å². The van der Waals surface area contributed by atoms with Crippen LogP contribution < -0.4 is 4.74 Å². The molecule has 3 rings (SSSR count). The lowest BCUT2D eigenvalue weighted by atomic mass is 10.3. The maximum absolute atomic E-state index is 5.23. The molecule has 0 saturated carbocycles. The van der Waals surface area contributed by atoms with Crippen LogP contribution in [0, 0.1) is 6.92 Å². The molecule has 1 aromatic carbocycles. The first-order valence-electron chi connectivity index (χ1n) is 7.26. The Morgan fingerprint density at radius 1 is 1.32 bits per heavy atom. The Labute approximate surface area is 133 Å². The number of nitrogens with zero attached hydrogens (tertiary/aromatic N) is 4. The molecule has 116 valence electrons. The van der Waals surface area contributed by atoms with E-state index in [9.17, 15) is 0 Å². The summed E-state index contributed by atoms with van der Waals surface area (Å²) in [4.78, 5) is 7.89. The maximum atomic E-state index is 5.23. The summed E-state index contributed by atoms with van der Waals surface area (Å²) < 4.78 is 7.40. The summed E-state index contributed by atoms with van der Waals surface area (Å²) in [6, 6.07) is 5.83. The molecule has 0 fully saturated rings. The van der Waals surface area contributed by atoms with Gasteiger partial charge in [-0.05, 0) is 25.5 Å². The van der Waals surface area contributed by atoms with E-state index in [2.05, 4.69) is 31.7 Å².